The lowest BCUT2D eigenvalue weighted by Gasteiger charge is -2.16. The Labute approximate surface area is 145 Å². The van der Waals surface area contributed by atoms with E-state index in [2.05, 4.69) is 16.4 Å². The zero-order valence-electron chi connectivity index (χ0n) is 13.8. The Morgan fingerprint density at radius 1 is 1.38 bits per heavy atom. The van der Waals surface area contributed by atoms with Gasteiger partial charge in [0.15, 0.2) is 0 Å². The summed E-state index contributed by atoms with van der Waals surface area (Å²) in [6.07, 6.45) is 0.581. The summed E-state index contributed by atoms with van der Waals surface area (Å²) in [4.78, 5) is 16.9. The monoisotopic (exact) mass is 343 g/mol. The van der Waals surface area contributed by atoms with Crippen LogP contribution in [0.25, 0.3) is 0 Å². The highest BCUT2D eigenvalue weighted by atomic mass is 32.2. The van der Waals surface area contributed by atoms with Crippen molar-refractivity contribution >= 4 is 23.4 Å². The molecular formula is C18H18FN3OS. The van der Waals surface area contributed by atoms with Gasteiger partial charge in [0.05, 0.1) is 10.8 Å². The molecule has 0 aliphatic carbocycles. The number of nitriles is 1. The fourth-order valence-corrected chi connectivity index (χ4v) is 3.36. The van der Waals surface area contributed by atoms with Gasteiger partial charge in [-0.2, -0.15) is 5.26 Å². The standard InChI is InChI=1S/C18H18FN3OS/c1-4-16(17(23)22-14-7-5-13(19)6-8-14)24-18-15(10-20)11(2)9-12(3)21-18/h5-9,16H,4H2,1-3H3,(H,22,23). The normalized spacial score (nSPS) is 11.6. The number of carbonyl (C=O) groups is 1. The average molecular weight is 343 g/mol. The molecule has 0 fully saturated rings. The van der Waals surface area contributed by atoms with Crippen molar-refractivity contribution in [3.63, 3.8) is 0 Å². The molecule has 0 bridgehead atoms. The molecule has 4 nitrogen and oxygen atoms in total. The molecule has 1 atom stereocenters. The van der Waals surface area contributed by atoms with Crippen molar-refractivity contribution in [2.75, 3.05) is 5.32 Å². The lowest BCUT2D eigenvalue weighted by atomic mass is 10.1. The maximum absolute atomic E-state index is 12.9. The predicted molar refractivity (Wildman–Crippen MR) is 93.4 cm³/mol. The predicted octanol–water partition coefficient (Wildman–Crippen LogP) is 4.22. The molecule has 0 saturated heterocycles. The minimum absolute atomic E-state index is 0.195. The highest BCUT2D eigenvalue weighted by Gasteiger charge is 2.21. The van der Waals surface area contributed by atoms with E-state index in [1.54, 1.807) is 0 Å². The lowest BCUT2D eigenvalue weighted by molar-refractivity contribution is -0.115. The maximum atomic E-state index is 12.9. The van der Waals surface area contributed by atoms with Gasteiger partial charge >= 0.3 is 0 Å². The van der Waals surface area contributed by atoms with E-state index >= 15 is 0 Å². The van der Waals surface area contributed by atoms with Crippen molar-refractivity contribution in [1.82, 2.24) is 4.98 Å². The highest BCUT2D eigenvalue weighted by Crippen LogP contribution is 2.29. The van der Waals surface area contributed by atoms with Crippen LogP contribution in [-0.2, 0) is 4.79 Å². The molecule has 1 aromatic carbocycles. The number of anilines is 1. The number of nitrogens with zero attached hydrogens (tertiary/aromatic N) is 2. The molecule has 1 N–H and O–H groups in total. The van der Waals surface area contributed by atoms with Crippen LogP contribution < -0.4 is 5.32 Å². The Balaban J connectivity index is 2.19. The fourth-order valence-electron chi connectivity index (χ4n) is 2.24. The van der Waals surface area contributed by atoms with Crippen LogP contribution in [0.4, 0.5) is 10.1 Å². The van der Waals surface area contributed by atoms with E-state index in [0.717, 1.165) is 11.3 Å². The van der Waals surface area contributed by atoms with Gasteiger partial charge in [-0.3, -0.25) is 4.79 Å². The van der Waals surface area contributed by atoms with Crippen LogP contribution in [0.3, 0.4) is 0 Å². The zero-order valence-corrected chi connectivity index (χ0v) is 14.6. The third-order valence-corrected chi connectivity index (χ3v) is 4.80. The number of rotatable bonds is 5. The van der Waals surface area contributed by atoms with Gasteiger partial charge in [-0.05, 0) is 56.2 Å². The number of nitrogens with one attached hydrogen (secondary N) is 1. The molecule has 0 saturated carbocycles. The van der Waals surface area contributed by atoms with E-state index in [-0.39, 0.29) is 11.7 Å². The topological polar surface area (TPSA) is 65.8 Å². The van der Waals surface area contributed by atoms with Crippen LogP contribution in [0, 0.1) is 31.0 Å². The van der Waals surface area contributed by atoms with E-state index in [4.69, 9.17) is 0 Å². The molecule has 0 aliphatic heterocycles. The molecule has 0 aliphatic rings. The van der Waals surface area contributed by atoms with E-state index in [0.29, 0.717) is 22.7 Å². The van der Waals surface area contributed by atoms with Gasteiger partial charge in [0.1, 0.15) is 16.9 Å². The van der Waals surface area contributed by atoms with Crippen molar-refractivity contribution in [1.29, 1.82) is 5.26 Å². The minimum Gasteiger partial charge on any atom is -0.325 e. The number of halogens is 1. The van der Waals surface area contributed by atoms with Crippen molar-refractivity contribution in [3.05, 3.63) is 53.0 Å². The van der Waals surface area contributed by atoms with Crippen LogP contribution in [0.1, 0.15) is 30.2 Å². The summed E-state index contributed by atoms with van der Waals surface area (Å²) in [5, 5.41) is 12.3. The van der Waals surface area contributed by atoms with Crippen molar-refractivity contribution in [3.8, 4) is 6.07 Å². The molecule has 2 rings (SSSR count). The van der Waals surface area contributed by atoms with E-state index < -0.39 is 5.25 Å². The summed E-state index contributed by atoms with van der Waals surface area (Å²) in [6.45, 7) is 5.62. The molecule has 0 radical (unpaired) electrons. The quantitative estimate of drug-likeness (QED) is 0.826. The van der Waals surface area contributed by atoms with E-state index in [1.165, 1.54) is 36.0 Å². The van der Waals surface area contributed by atoms with Gasteiger partial charge < -0.3 is 5.32 Å². The summed E-state index contributed by atoms with van der Waals surface area (Å²) in [5.74, 6) is -0.550. The lowest BCUT2D eigenvalue weighted by Crippen LogP contribution is -2.24. The largest absolute Gasteiger partial charge is 0.325 e. The third-order valence-electron chi connectivity index (χ3n) is 3.45. The average Bonchev–Trinajstić information content (AvgIpc) is 2.54. The Hall–Kier alpha value is -2.39. The molecule has 6 heteroatoms. The number of aromatic nitrogens is 1. The number of carbonyl (C=O) groups excluding carboxylic acids is 1. The summed E-state index contributed by atoms with van der Waals surface area (Å²) < 4.78 is 12.9. The second-order valence-electron chi connectivity index (χ2n) is 5.38. The first kappa shape index (κ1) is 18.0. The highest BCUT2D eigenvalue weighted by molar-refractivity contribution is 8.00. The number of aryl methyl sites for hydroxylation is 2. The summed E-state index contributed by atoms with van der Waals surface area (Å²) in [7, 11) is 0. The van der Waals surface area contributed by atoms with Crippen LogP contribution in [-0.4, -0.2) is 16.1 Å². The van der Waals surface area contributed by atoms with Gasteiger partial charge in [-0.1, -0.05) is 18.7 Å². The number of benzene rings is 1. The second kappa shape index (κ2) is 7.93. The molecule has 124 valence electrons. The van der Waals surface area contributed by atoms with Crippen molar-refractivity contribution < 1.29 is 9.18 Å². The van der Waals surface area contributed by atoms with E-state index in [9.17, 15) is 14.4 Å². The zero-order chi connectivity index (χ0) is 17.7. The van der Waals surface area contributed by atoms with Gasteiger partial charge in [0, 0.05) is 11.4 Å². The third kappa shape index (κ3) is 4.33. The molecule has 2 aromatic rings. The van der Waals surface area contributed by atoms with Gasteiger partial charge in [-0.25, -0.2) is 9.37 Å². The maximum Gasteiger partial charge on any atom is 0.237 e. The van der Waals surface area contributed by atoms with Crippen molar-refractivity contribution in [2.45, 2.75) is 37.5 Å². The molecule has 1 amide bonds. The Bertz CT molecular complexity index is 784. The van der Waals surface area contributed by atoms with E-state index in [1.807, 2.05) is 26.8 Å². The number of hydrogen-bond donors (Lipinski definition) is 1. The Morgan fingerprint density at radius 2 is 2.04 bits per heavy atom. The van der Waals surface area contributed by atoms with Crippen LogP contribution >= 0.6 is 11.8 Å². The molecule has 1 aromatic heterocycles. The summed E-state index contributed by atoms with van der Waals surface area (Å²) in [5.41, 5.74) is 2.69. The van der Waals surface area contributed by atoms with Crippen LogP contribution in [0.15, 0.2) is 35.4 Å². The Kier molecular flexibility index (Phi) is 5.93. The molecule has 1 heterocycles. The number of hydrogen-bond acceptors (Lipinski definition) is 4. The first-order valence-corrected chi connectivity index (χ1v) is 8.44. The van der Waals surface area contributed by atoms with Gasteiger partial charge in [0.25, 0.3) is 0 Å². The van der Waals surface area contributed by atoms with Crippen LogP contribution in [0.2, 0.25) is 0 Å². The van der Waals surface area contributed by atoms with Crippen molar-refractivity contribution in [2.24, 2.45) is 0 Å². The number of thioether (sulfide) groups is 1. The SMILES string of the molecule is CCC(Sc1nc(C)cc(C)c1C#N)C(=O)Nc1ccc(F)cc1. The van der Waals surface area contributed by atoms with Gasteiger partial charge in [-0.15, -0.1) is 0 Å². The molecule has 0 spiro atoms. The minimum atomic E-state index is -0.393. The summed E-state index contributed by atoms with van der Waals surface area (Å²) >= 11 is 1.28. The number of pyridine rings is 1. The first-order chi connectivity index (χ1) is 11.4. The van der Waals surface area contributed by atoms with Gasteiger partial charge in [0.2, 0.25) is 5.91 Å². The first-order valence-electron chi connectivity index (χ1n) is 7.56. The van der Waals surface area contributed by atoms with Crippen LogP contribution in [0.5, 0.6) is 0 Å². The fraction of sp³-hybridized carbons (Fsp3) is 0.278. The molecule has 1 unspecified atom stereocenters. The second-order valence-corrected chi connectivity index (χ2v) is 6.57. The molecular weight excluding hydrogens is 325 g/mol. The Morgan fingerprint density at radius 3 is 2.62 bits per heavy atom. The summed E-state index contributed by atoms with van der Waals surface area (Å²) in [6, 6.07) is 9.63. The smallest absolute Gasteiger partial charge is 0.237 e. The number of amides is 1. The molecule has 24 heavy (non-hydrogen) atoms.